The Morgan fingerprint density at radius 1 is 1.05 bits per heavy atom. The summed E-state index contributed by atoms with van der Waals surface area (Å²) in [7, 11) is 0. The Bertz CT molecular complexity index is 1170. The third kappa shape index (κ3) is 9.34. The predicted octanol–water partition coefficient (Wildman–Crippen LogP) is 8.38. The maximum atomic E-state index is 13.8. The summed E-state index contributed by atoms with van der Waals surface area (Å²) in [6.45, 7) is 13.8. The van der Waals surface area contributed by atoms with Crippen LogP contribution in [0, 0.1) is 16.0 Å². The second-order valence-corrected chi connectivity index (χ2v) is 10.5. The number of fused-ring (bicyclic) bond motifs is 1. The standard InChI is InChI=1S/C31H46N2O5/c1-7-9-10-11-19-32-28-21-26(33(35)36)16-17-27(28)29(30(31(32)34)38-22-25(6)13-8-2)37-20-18-24(5)15-12-14-23(3)4/h14,16-18,21,25H,7-13,15,19-20,22H2,1-6H3/b24-18+. The fourth-order valence-electron chi connectivity index (χ4n) is 4.45. The predicted molar refractivity (Wildman–Crippen MR) is 156 cm³/mol. The van der Waals surface area contributed by atoms with Crippen LogP contribution in [0.2, 0.25) is 0 Å². The molecule has 0 aliphatic rings. The van der Waals surface area contributed by atoms with Gasteiger partial charge < -0.3 is 14.0 Å². The van der Waals surface area contributed by atoms with Gasteiger partial charge in [0.2, 0.25) is 5.75 Å². The number of hydrogen-bond acceptors (Lipinski definition) is 5. The Morgan fingerprint density at radius 2 is 1.82 bits per heavy atom. The van der Waals surface area contributed by atoms with Crippen LogP contribution in [0.25, 0.3) is 10.9 Å². The Balaban J connectivity index is 2.54. The highest BCUT2D eigenvalue weighted by Crippen LogP contribution is 2.35. The number of unbranched alkanes of at least 4 members (excludes halogenated alkanes) is 3. The van der Waals surface area contributed by atoms with E-state index in [0.717, 1.165) is 51.4 Å². The quantitative estimate of drug-likeness (QED) is 0.0894. The molecule has 0 spiro atoms. The summed E-state index contributed by atoms with van der Waals surface area (Å²) in [4.78, 5) is 24.9. The molecule has 2 rings (SSSR count). The largest absolute Gasteiger partial charge is 0.485 e. The minimum Gasteiger partial charge on any atom is -0.485 e. The van der Waals surface area contributed by atoms with E-state index in [0.29, 0.717) is 29.8 Å². The molecule has 1 aromatic carbocycles. The molecule has 1 atom stereocenters. The lowest BCUT2D eigenvalue weighted by Gasteiger charge is -2.20. The number of nitro groups is 1. The summed E-state index contributed by atoms with van der Waals surface area (Å²) in [6.07, 6.45) is 12.1. The number of nitro benzene ring substituents is 1. The molecule has 0 aliphatic heterocycles. The van der Waals surface area contributed by atoms with Crippen LogP contribution in [0.15, 0.2) is 46.3 Å². The van der Waals surface area contributed by atoms with Crippen molar-refractivity contribution in [3.8, 4) is 11.5 Å². The Labute approximate surface area is 227 Å². The first-order chi connectivity index (χ1) is 18.2. The molecule has 7 nitrogen and oxygen atoms in total. The molecule has 38 heavy (non-hydrogen) atoms. The molecule has 0 fully saturated rings. The first kappa shape index (κ1) is 31.1. The number of aryl methyl sites for hydroxylation is 1. The van der Waals surface area contributed by atoms with Gasteiger partial charge >= 0.3 is 0 Å². The van der Waals surface area contributed by atoms with Crippen molar-refractivity contribution in [3.63, 3.8) is 0 Å². The van der Waals surface area contributed by atoms with Crippen molar-refractivity contribution < 1.29 is 14.4 Å². The molecule has 0 saturated carbocycles. The van der Waals surface area contributed by atoms with E-state index >= 15 is 0 Å². The number of ether oxygens (including phenoxy) is 2. The van der Waals surface area contributed by atoms with Gasteiger partial charge in [0.05, 0.1) is 17.0 Å². The molecule has 0 saturated heterocycles. The molecule has 1 heterocycles. The fourth-order valence-corrected chi connectivity index (χ4v) is 4.45. The molecule has 0 aliphatic carbocycles. The van der Waals surface area contributed by atoms with Gasteiger partial charge in [-0.05, 0) is 64.5 Å². The number of pyridine rings is 1. The van der Waals surface area contributed by atoms with Gasteiger partial charge in [-0.1, -0.05) is 63.7 Å². The van der Waals surface area contributed by atoms with Gasteiger partial charge in [-0.25, -0.2) is 0 Å². The van der Waals surface area contributed by atoms with E-state index in [1.54, 1.807) is 10.6 Å². The lowest BCUT2D eigenvalue weighted by molar-refractivity contribution is -0.384. The molecular formula is C31H46N2O5. The lowest BCUT2D eigenvalue weighted by atomic mass is 10.1. The van der Waals surface area contributed by atoms with Crippen LogP contribution in [0.1, 0.15) is 92.9 Å². The number of non-ortho nitro benzene ring substituents is 1. The van der Waals surface area contributed by atoms with E-state index in [2.05, 4.69) is 47.6 Å². The Morgan fingerprint density at radius 3 is 2.47 bits per heavy atom. The van der Waals surface area contributed by atoms with Crippen molar-refractivity contribution in [1.29, 1.82) is 0 Å². The molecular weight excluding hydrogens is 480 g/mol. The molecule has 0 bridgehead atoms. The van der Waals surface area contributed by atoms with E-state index in [-0.39, 0.29) is 29.5 Å². The highest BCUT2D eigenvalue weighted by atomic mass is 16.6. The summed E-state index contributed by atoms with van der Waals surface area (Å²) < 4.78 is 14.0. The SMILES string of the molecule is CCCCCCn1c(=O)c(OCC(C)CCC)c(OC/C=C(\C)CCC=C(C)C)c2ccc([N+](=O)[O-])cc21. The van der Waals surface area contributed by atoms with Crippen molar-refractivity contribution in [2.75, 3.05) is 13.2 Å². The van der Waals surface area contributed by atoms with Crippen LogP contribution in [-0.2, 0) is 6.54 Å². The second kappa shape index (κ2) is 16.0. The van der Waals surface area contributed by atoms with Crippen molar-refractivity contribution >= 4 is 16.6 Å². The zero-order chi connectivity index (χ0) is 28.1. The molecule has 0 amide bonds. The summed E-state index contributed by atoms with van der Waals surface area (Å²) in [5.41, 5.74) is 2.66. The van der Waals surface area contributed by atoms with Gasteiger partial charge in [-0.2, -0.15) is 0 Å². The fraction of sp³-hybridized carbons (Fsp3) is 0.581. The Hall–Kier alpha value is -3.09. The number of nitrogens with zero attached hydrogens (tertiary/aromatic N) is 2. The minimum atomic E-state index is -0.429. The average Bonchev–Trinajstić information content (AvgIpc) is 2.87. The van der Waals surface area contributed by atoms with Crippen LogP contribution >= 0.6 is 0 Å². The van der Waals surface area contributed by atoms with E-state index in [9.17, 15) is 14.9 Å². The van der Waals surface area contributed by atoms with Crippen molar-refractivity contribution in [2.45, 2.75) is 99.5 Å². The number of hydrogen-bond donors (Lipinski definition) is 0. The monoisotopic (exact) mass is 526 g/mol. The van der Waals surface area contributed by atoms with Gasteiger partial charge in [-0.3, -0.25) is 14.9 Å². The number of aromatic nitrogens is 1. The van der Waals surface area contributed by atoms with Crippen molar-refractivity contribution in [1.82, 2.24) is 4.57 Å². The van der Waals surface area contributed by atoms with Gasteiger partial charge in [0.25, 0.3) is 11.2 Å². The molecule has 2 aromatic rings. The summed E-state index contributed by atoms with van der Waals surface area (Å²) >= 11 is 0. The Kier molecular flexibility index (Phi) is 13.1. The van der Waals surface area contributed by atoms with E-state index in [1.165, 1.54) is 23.3 Å². The molecule has 0 radical (unpaired) electrons. The van der Waals surface area contributed by atoms with Crippen molar-refractivity contribution in [2.24, 2.45) is 5.92 Å². The maximum absolute atomic E-state index is 13.8. The second-order valence-electron chi connectivity index (χ2n) is 10.5. The topological polar surface area (TPSA) is 83.6 Å². The molecule has 1 aromatic heterocycles. The van der Waals surface area contributed by atoms with Crippen LogP contribution in [0.3, 0.4) is 0 Å². The molecule has 1 unspecified atom stereocenters. The zero-order valence-corrected chi connectivity index (χ0v) is 24.2. The zero-order valence-electron chi connectivity index (χ0n) is 24.2. The normalized spacial score (nSPS) is 12.4. The number of allylic oxidation sites excluding steroid dienone is 3. The van der Waals surface area contributed by atoms with Gasteiger partial charge in [0, 0.05) is 24.1 Å². The van der Waals surface area contributed by atoms with Crippen LogP contribution < -0.4 is 15.0 Å². The molecule has 0 N–H and O–H groups in total. The summed E-state index contributed by atoms with van der Waals surface area (Å²) in [5, 5.41) is 12.2. The number of benzene rings is 1. The van der Waals surface area contributed by atoms with Gasteiger partial charge in [0.15, 0.2) is 5.75 Å². The van der Waals surface area contributed by atoms with Crippen LogP contribution in [0.5, 0.6) is 11.5 Å². The van der Waals surface area contributed by atoms with Crippen LogP contribution in [-0.4, -0.2) is 22.7 Å². The average molecular weight is 527 g/mol. The minimum absolute atomic E-state index is 0.0505. The molecule has 210 valence electrons. The number of rotatable bonds is 17. The highest BCUT2D eigenvalue weighted by Gasteiger charge is 2.22. The molecule has 7 heteroatoms. The third-order valence-corrected chi connectivity index (χ3v) is 6.65. The lowest BCUT2D eigenvalue weighted by Crippen LogP contribution is -2.25. The highest BCUT2D eigenvalue weighted by molar-refractivity contribution is 5.89. The van der Waals surface area contributed by atoms with Gasteiger partial charge in [-0.15, -0.1) is 0 Å². The van der Waals surface area contributed by atoms with Crippen molar-refractivity contribution in [3.05, 3.63) is 62.0 Å². The van der Waals surface area contributed by atoms with Gasteiger partial charge in [0.1, 0.15) is 6.61 Å². The third-order valence-electron chi connectivity index (χ3n) is 6.65. The van der Waals surface area contributed by atoms with E-state index in [4.69, 9.17) is 9.47 Å². The van der Waals surface area contributed by atoms with E-state index in [1.807, 2.05) is 6.08 Å². The first-order valence-electron chi connectivity index (χ1n) is 14.1. The van der Waals surface area contributed by atoms with E-state index < -0.39 is 4.92 Å². The maximum Gasteiger partial charge on any atom is 0.297 e. The summed E-state index contributed by atoms with van der Waals surface area (Å²) in [6, 6.07) is 4.62. The smallest absolute Gasteiger partial charge is 0.297 e. The first-order valence-corrected chi connectivity index (χ1v) is 14.1. The summed E-state index contributed by atoms with van der Waals surface area (Å²) in [5.74, 6) is 0.845. The van der Waals surface area contributed by atoms with Crippen LogP contribution in [0.4, 0.5) is 5.69 Å².